The molecule has 2 fully saturated rings. The molecular formula is C93H120ClN25O11. The van der Waals surface area contributed by atoms with Gasteiger partial charge in [0.25, 0.3) is 29.1 Å². The van der Waals surface area contributed by atoms with Crippen LogP contribution >= 0.6 is 11.6 Å². The van der Waals surface area contributed by atoms with Crippen LogP contribution in [0.5, 0.6) is 0 Å². The van der Waals surface area contributed by atoms with Crippen molar-refractivity contribution in [3.8, 4) is 22.5 Å². The van der Waals surface area contributed by atoms with E-state index in [1.807, 2.05) is 103 Å². The van der Waals surface area contributed by atoms with Gasteiger partial charge < -0.3 is 37.2 Å². The minimum atomic E-state index is -0.535. The first-order valence-electron chi connectivity index (χ1n) is 43.9. The SMILES string of the molecule is CC(=O)Nc1n[nH]c(C)c1C.CCCC(=O)Nc1n[nH]c(-c2ccccc2)c1Cl.CCCCCCCc1cc(NC(=O)c2ccc([N+](=O)[O-])cc2)n[nH]1.CCCCCNC(=O)Nc1cc(C(C)C)[nH]n1.CCc1cc(NC(=O)c2ccncc2)n[nH]1.Cc1cc(C)c(-c2cc(NC(=O)c3cccc([N+](=O)[O-])c3)n[nH]2)c(C)c1.O=C(Nc1cc(C2CCCC2)[nH]n1)C1CCCC1. The zero-order valence-electron chi connectivity index (χ0n) is 75.8. The number of non-ortho nitro benzene ring substituents is 2. The van der Waals surface area contributed by atoms with Crippen molar-refractivity contribution in [2.24, 2.45) is 5.92 Å². The number of H-pyrrole nitrogens is 7. The monoisotopic (exact) mass is 1800 g/mol. The predicted molar refractivity (Wildman–Crippen MR) is 506 cm³/mol. The molecule has 690 valence electrons. The van der Waals surface area contributed by atoms with E-state index in [-0.39, 0.29) is 58.4 Å². The van der Waals surface area contributed by atoms with Crippen molar-refractivity contribution in [3.05, 3.63) is 239 Å². The first-order valence-corrected chi connectivity index (χ1v) is 44.3. The number of nitrogens with zero attached hydrogens (tertiary/aromatic N) is 10. The Morgan fingerprint density at radius 3 is 1.65 bits per heavy atom. The first kappa shape index (κ1) is 101. The van der Waals surface area contributed by atoms with E-state index in [1.54, 1.807) is 30.6 Å². The molecule has 8 amide bonds. The summed E-state index contributed by atoms with van der Waals surface area (Å²) < 4.78 is 0. The quantitative estimate of drug-likeness (QED) is 0.0113. The van der Waals surface area contributed by atoms with Gasteiger partial charge in [-0.3, -0.25) is 95.0 Å². The summed E-state index contributed by atoms with van der Waals surface area (Å²) in [6.07, 6.45) is 25.1. The molecule has 15 N–H and O–H groups in total. The van der Waals surface area contributed by atoms with Crippen molar-refractivity contribution in [3.63, 3.8) is 0 Å². The van der Waals surface area contributed by atoms with Crippen molar-refractivity contribution in [1.29, 1.82) is 0 Å². The molecule has 36 nitrogen and oxygen atoms in total. The molecule has 37 heteroatoms. The van der Waals surface area contributed by atoms with Gasteiger partial charge in [-0.05, 0) is 140 Å². The average Bonchev–Trinajstić information content (AvgIpc) is 1.73. The third kappa shape index (κ3) is 33.1. The summed E-state index contributed by atoms with van der Waals surface area (Å²) in [5.74, 6) is 3.83. The third-order valence-electron chi connectivity index (χ3n) is 21.0. The lowest BCUT2D eigenvalue weighted by Crippen LogP contribution is -2.29. The van der Waals surface area contributed by atoms with Gasteiger partial charge in [-0.1, -0.05) is 171 Å². The number of carbonyl (C=O) groups excluding carboxylic acids is 7. The Morgan fingerprint density at radius 2 is 1.06 bits per heavy atom. The Bertz CT molecular complexity index is 5580. The number of benzene rings is 4. The van der Waals surface area contributed by atoms with Crippen molar-refractivity contribution in [1.82, 2.24) is 81.7 Å². The third-order valence-corrected chi connectivity index (χ3v) is 21.4. The van der Waals surface area contributed by atoms with Crippen LogP contribution in [0.4, 0.5) is 56.9 Å². The van der Waals surface area contributed by atoms with Gasteiger partial charge in [0.2, 0.25) is 17.7 Å². The van der Waals surface area contributed by atoms with Gasteiger partial charge in [0.1, 0.15) is 5.02 Å². The standard InChI is InChI=1S/C19H18N4O3.C17H22N4O3.C14H21N3O.C13H14ClN3O.C12H22N4O.C11H12N4O.C7H11N3O/c1-11-7-12(2)18(13(3)8-11)16-10-17(22-21-16)20-19(24)14-5-4-6-15(9-14)23(25)26;1-2-3-4-5-6-7-14-12-16(20-19-14)18-17(22)13-8-10-15(11-9-13)21(23)24;18-14(11-7-3-4-8-11)15-13-9-12(16-17-13)10-5-1-2-6-10;1-2-6-10(18)15-13-11(14)12(16-17-13)9-7-4-3-5-8-9;1-4-5-6-7-13-12(17)14-11-8-10(9(2)3)15-16-11;1-2-9-7-10(15-14-9)13-11(16)8-3-5-12-6-4-8;1-4-5(2)9-10-7(4)8-6(3)11/h4-10H,1-3H3,(H2,20,21,22,24);8-12H,2-7H2,1H3,(H2,18,19,20,22);9-11H,1-8H2,(H2,15,16,17,18);3-5,7-8H,2,6H2,1H3,(H2,15,16,17,18);8-9H,4-7H2,1-3H3,(H3,13,14,15,16,17);3-7H,2H2,1H3,(H2,13,14,15,16);1-3H3,(H2,8,9,10,11). The molecule has 2 aliphatic rings. The number of aromatic nitrogens is 15. The number of carbonyl (C=O) groups is 7. The molecule has 12 aromatic rings. The smallest absolute Gasteiger partial charge is 0.320 e. The van der Waals surface area contributed by atoms with Gasteiger partial charge in [0.05, 0.1) is 21.2 Å². The van der Waals surface area contributed by atoms with E-state index in [2.05, 4.69) is 159 Å². The molecule has 0 aliphatic heterocycles. The van der Waals surface area contributed by atoms with Crippen LogP contribution in [0.3, 0.4) is 0 Å². The van der Waals surface area contributed by atoms with E-state index in [0.717, 1.165) is 114 Å². The van der Waals surface area contributed by atoms with E-state index in [1.165, 1.54) is 131 Å². The van der Waals surface area contributed by atoms with Crippen molar-refractivity contribution in [2.45, 2.75) is 223 Å². The highest BCUT2D eigenvalue weighted by molar-refractivity contribution is 6.36. The summed E-state index contributed by atoms with van der Waals surface area (Å²) in [5, 5.41) is 92.3. The largest absolute Gasteiger partial charge is 0.338 e. The zero-order chi connectivity index (χ0) is 94.0. The van der Waals surface area contributed by atoms with Crippen LogP contribution in [0.25, 0.3) is 22.5 Å². The Kier molecular flexibility index (Phi) is 41.0. The first-order chi connectivity index (χ1) is 62.5. The van der Waals surface area contributed by atoms with Crippen LogP contribution < -0.4 is 42.5 Å². The molecule has 2 aliphatic carbocycles. The fourth-order valence-corrected chi connectivity index (χ4v) is 14.1. The Hall–Kier alpha value is -14.3. The van der Waals surface area contributed by atoms with Gasteiger partial charge in [-0.15, -0.1) is 0 Å². The highest BCUT2D eigenvalue weighted by Crippen LogP contribution is 2.36. The van der Waals surface area contributed by atoms with Crippen molar-refractivity contribution >= 4 is 105 Å². The Labute approximate surface area is 760 Å². The number of pyridine rings is 1. The lowest BCUT2D eigenvalue weighted by molar-refractivity contribution is -0.385. The van der Waals surface area contributed by atoms with Crippen LogP contribution in [-0.2, 0) is 27.2 Å². The molecule has 0 radical (unpaired) electrons. The second kappa shape index (κ2) is 52.7. The van der Waals surface area contributed by atoms with Crippen molar-refractivity contribution in [2.75, 3.05) is 43.8 Å². The predicted octanol–water partition coefficient (Wildman–Crippen LogP) is 20.4. The lowest BCUT2D eigenvalue weighted by Gasteiger charge is -2.09. The molecule has 0 atom stereocenters. The van der Waals surface area contributed by atoms with Crippen LogP contribution in [0, 0.1) is 60.8 Å². The highest BCUT2D eigenvalue weighted by atomic mass is 35.5. The number of halogens is 1. The summed E-state index contributed by atoms with van der Waals surface area (Å²) >= 11 is 6.19. The number of anilines is 7. The Morgan fingerprint density at radius 1 is 0.500 bits per heavy atom. The van der Waals surface area contributed by atoms with E-state index in [9.17, 15) is 53.8 Å². The van der Waals surface area contributed by atoms with Crippen LogP contribution in [0.2, 0.25) is 5.02 Å². The molecule has 0 unspecified atom stereocenters. The number of hydrogen-bond donors (Lipinski definition) is 15. The number of aromatic amines is 7. The van der Waals surface area contributed by atoms with Gasteiger partial charge in [-0.25, -0.2) is 4.79 Å². The summed E-state index contributed by atoms with van der Waals surface area (Å²) in [6, 6.07) is 37.2. The zero-order valence-corrected chi connectivity index (χ0v) is 76.5. The molecule has 4 aromatic carbocycles. The van der Waals surface area contributed by atoms with Crippen molar-refractivity contribution < 1.29 is 43.4 Å². The molecule has 0 bridgehead atoms. The second-order valence-corrected chi connectivity index (χ2v) is 32.1. The highest BCUT2D eigenvalue weighted by Gasteiger charge is 2.26. The molecule has 14 rings (SSSR count). The number of nitro groups is 2. The van der Waals surface area contributed by atoms with E-state index >= 15 is 0 Å². The number of amides is 8. The maximum atomic E-state index is 12.3. The van der Waals surface area contributed by atoms with Gasteiger partial charge in [0.15, 0.2) is 40.7 Å². The van der Waals surface area contributed by atoms with E-state index in [0.29, 0.717) is 87.4 Å². The molecule has 2 saturated carbocycles. The van der Waals surface area contributed by atoms with E-state index < -0.39 is 15.8 Å². The van der Waals surface area contributed by atoms with Gasteiger partial charge in [0, 0.05) is 161 Å². The minimum Gasteiger partial charge on any atom is -0.338 e. The second-order valence-electron chi connectivity index (χ2n) is 31.8. The maximum Gasteiger partial charge on any atom is 0.320 e. The molecule has 8 heterocycles. The van der Waals surface area contributed by atoms with Crippen LogP contribution in [0.1, 0.15) is 258 Å². The Balaban J connectivity index is 0.000000190. The molecule has 8 aromatic heterocycles. The maximum absolute atomic E-state index is 12.3. The number of aryl methyl sites for hydroxylation is 6. The number of nitrogens with one attached hydrogen (secondary N) is 15. The summed E-state index contributed by atoms with van der Waals surface area (Å²) in [4.78, 5) is 106. The van der Waals surface area contributed by atoms with Gasteiger partial charge >= 0.3 is 6.03 Å². The average molecular weight is 1800 g/mol. The lowest BCUT2D eigenvalue weighted by atomic mass is 9.97. The van der Waals surface area contributed by atoms with E-state index in [4.69, 9.17) is 11.6 Å². The number of nitro benzene ring substituents is 2. The van der Waals surface area contributed by atoms with Crippen LogP contribution in [-0.4, -0.2) is 134 Å². The minimum absolute atomic E-state index is 0.0447. The van der Waals surface area contributed by atoms with Crippen LogP contribution in [0.15, 0.2) is 146 Å². The fraction of sp³-hybridized carbons (Fsp3) is 0.387. The number of hydrogen-bond acceptors (Lipinski definition) is 19. The molecule has 130 heavy (non-hydrogen) atoms. The summed E-state index contributed by atoms with van der Waals surface area (Å²) in [7, 11) is 0. The number of unbranched alkanes of at least 4 members (excludes halogenated alkanes) is 6. The molecular weight excluding hydrogens is 1680 g/mol. The summed E-state index contributed by atoms with van der Waals surface area (Å²) in [5.41, 5.74) is 14.0. The summed E-state index contributed by atoms with van der Waals surface area (Å²) in [6.45, 7) is 24.5. The normalized spacial score (nSPS) is 11.9. The molecule has 0 spiro atoms. The number of urea groups is 1. The van der Waals surface area contributed by atoms with Gasteiger partial charge in [-0.2, -0.15) is 35.7 Å². The fourth-order valence-electron chi connectivity index (χ4n) is 13.9. The topological polar surface area (TPSA) is 516 Å². The number of rotatable bonds is 30. The molecule has 0 saturated heterocycles.